The number of primary sulfonamides is 1. The van der Waals surface area contributed by atoms with E-state index < -0.39 is 23.9 Å². The van der Waals surface area contributed by atoms with Gasteiger partial charge in [0.2, 0.25) is 10.0 Å². The lowest BCUT2D eigenvalue weighted by atomic mass is 10.0. The van der Waals surface area contributed by atoms with Gasteiger partial charge in [0, 0.05) is 0 Å². The Morgan fingerprint density at radius 1 is 1.33 bits per heavy atom. The van der Waals surface area contributed by atoms with Gasteiger partial charge in [0.1, 0.15) is 9.81 Å². The molecule has 21 heavy (non-hydrogen) atoms. The van der Waals surface area contributed by atoms with Crippen LogP contribution in [0.1, 0.15) is 33.3 Å². The molecule has 0 aromatic carbocycles. The Morgan fingerprint density at radius 2 is 1.86 bits per heavy atom. The summed E-state index contributed by atoms with van der Waals surface area (Å²) in [5, 5.41) is 17.3. The van der Waals surface area contributed by atoms with E-state index in [0.717, 1.165) is 11.3 Å². The smallest absolute Gasteiger partial charge is 0.247 e. The number of nitrogens with two attached hydrogens (primary N) is 1. The van der Waals surface area contributed by atoms with E-state index in [1.807, 2.05) is 0 Å². The number of hydrogen-bond donors (Lipinski definition) is 2. The van der Waals surface area contributed by atoms with Gasteiger partial charge < -0.3 is 9.53 Å². The van der Waals surface area contributed by atoms with Crippen molar-refractivity contribution in [3.8, 4) is 0 Å². The SMILES string of the molecule is CC(O)(CO[Si](C)(C)C(C)(C)C)c1csc(S(N)(=O)=O)c1. The summed E-state index contributed by atoms with van der Waals surface area (Å²) < 4.78 is 28.7. The maximum Gasteiger partial charge on any atom is 0.247 e. The van der Waals surface area contributed by atoms with Crippen LogP contribution in [0.4, 0.5) is 0 Å². The van der Waals surface area contributed by atoms with E-state index in [-0.39, 0.29) is 15.9 Å². The Morgan fingerprint density at radius 3 is 2.24 bits per heavy atom. The van der Waals surface area contributed by atoms with E-state index in [1.165, 1.54) is 6.07 Å². The molecule has 1 aromatic heterocycles. The average Bonchev–Trinajstić information content (AvgIpc) is 2.74. The van der Waals surface area contributed by atoms with Crippen LogP contribution in [0, 0.1) is 0 Å². The molecule has 0 spiro atoms. The summed E-state index contributed by atoms with van der Waals surface area (Å²) in [4.78, 5) is 0. The third-order valence-electron chi connectivity index (χ3n) is 4.00. The second-order valence-corrected chi connectivity index (χ2v) is 14.5. The highest BCUT2D eigenvalue weighted by Crippen LogP contribution is 2.38. The van der Waals surface area contributed by atoms with Crippen molar-refractivity contribution >= 4 is 29.7 Å². The molecule has 0 radical (unpaired) electrons. The van der Waals surface area contributed by atoms with E-state index in [2.05, 4.69) is 33.9 Å². The largest absolute Gasteiger partial charge is 0.414 e. The Balaban J connectivity index is 2.90. The maximum absolute atomic E-state index is 11.3. The minimum absolute atomic E-state index is 0.0451. The molecule has 0 aliphatic carbocycles. The lowest BCUT2D eigenvalue weighted by Gasteiger charge is -2.38. The Kier molecular flexibility index (Phi) is 5.14. The van der Waals surface area contributed by atoms with Crippen molar-refractivity contribution < 1.29 is 18.0 Å². The molecular formula is C13H25NO4S2Si. The monoisotopic (exact) mass is 351 g/mol. The average molecular weight is 352 g/mol. The molecule has 0 amide bonds. The van der Waals surface area contributed by atoms with Crippen LogP contribution in [0.2, 0.25) is 18.1 Å². The lowest BCUT2D eigenvalue weighted by Crippen LogP contribution is -2.44. The third-order valence-corrected chi connectivity index (χ3v) is 10.9. The molecule has 0 aliphatic heterocycles. The molecule has 0 bridgehead atoms. The second kappa shape index (κ2) is 5.75. The van der Waals surface area contributed by atoms with E-state index in [0.29, 0.717) is 5.56 Å². The summed E-state index contributed by atoms with van der Waals surface area (Å²) in [6.45, 7) is 12.3. The van der Waals surface area contributed by atoms with Gasteiger partial charge in [-0.05, 0) is 42.1 Å². The molecule has 5 nitrogen and oxygen atoms in total. The molecular weight excluding hydrogens is 326 g/mol. The van der Waals surface area contributed by atoms with Gasteiger partial charge in [0.15, 0.2) is 8.32 Å². The first-order valence-corrected chi connectivity index (χ1v) is 12.0. The van der Waals surface area contributed by atoms with Crippen LogP contribution in [0.25, 0.3) is 0 Å². The minimum Gasteiger partial charge on any atom is -0.414 e. The first-order valence-electron chi connectivity index (χ1n) is 6.65. The molecule has 0 saturated carbocycles. The van der Waals surface area contributed by atoms with Gasteiger partial charge in [-0.1, -0.05) is 20.8 Å². The molecule has 1 rings (SSSR count). The molecule has 1 heterocycles. The van der Waals surface area contributed by atoms with Crippen molar-refractivity contribution in [3.63, 3.8) is 0 Å². The minimum atomic E-state index is -3.73. The summed E-state index contributed by atoms with van der Waals surface area (Å²) in [7, 11) is -5.71. The van der Waals surface area contributed by atoms with Gasteiger partial charge >= 0.3 is 0 Å². The first-order chi connectivity index (χ1) is 9.17. The number of rotatable bonds is 5. The summed E-state index contributed by atoms with van der Waals surface area (Å²) in [6, 6.07) is 1.41. The molecule has 1 unspecified atom stereocenters. The molecule has 8 heteroatoms. The van der Waals surface area contributed by atoms with Gasteiger partial charge in [-0.3, -0.25) is 0 Å². The standard InChI is InChI=1S/C13H25NO4S2Si/c1-12(2,3)21(5,6)18-9-13(4,15)10-7-11(19-8-10)20(14,16)17/h7-8,15H,9H2,1-6H3,(H2,14,16,17). The highest BCUT2D eigenvalue weighted by molar-refractivity contribution is 7.91. The van der Waals surface area contributed by atoms with E-state index in [4.69, 9.17) is 9.56 Å². The second-order valence-electron chi connectivity index (χ2n) is 7.02. The quantitative estimate of drug-likeness (QED) is 0.798. The van der Waals surface area contributed by atoms with Crippen molar-refractivity contribution in [2.24, 2.45) is 5.14 Å². The van der Waals surface area contributed by atoms with Crippen molar-refractivity contribution in [2.75, 3.05) is 6.61 Å². The summed E-state index contributed by atoms with van der Waals surface area (Å²) >= 11 is 1.01. The molecule has 122 valence electrons. The van der Waals surface area contributed by atoms with Gasteiger partial charge in [0.05, 0.1) is 6.61 Å². The zero-order valence-corrected chi connectivity index (χ0v) is 16.1. The van der Waals surface area contributed by atoms with Crippen molar-refractivity contribution in [1.82, 2.24) is 0 Å². The van der Waals surface area contributed by atoms with E-state index in [1.54, 1.807) is 12.3 Å². The fourth-order valence-corrected chi connectivity index (χ4v) is 4.18. The van der Waals surface area contributed by atoms with Crippen LogP contribution in [0.5, 0.6) is 0 Å². The van der Waals surface area contributed by atoms with Crippen molar-refractivity contribution in [1.29, 1.82) is 0 Å². The predicted molar refractivity (Wildman–Crippen MR) is 88.4 cm³/mol. The Hall–Kier alpha value is -0.253. The highest BCUT2D eigenvalue weighted by Gasteiger charge is 2.39. The van der Waals surface area contributed by atoms with Crippen molar-refractivity contribution in [3.05, 3.63) is 17.0 Å². The number of hydrogen-bond acceptors (Lipinski definition) is 5. The maximum atomic E-state index is 11.3. The number of aliphatic hydroxyl groups is 1. The van der Waals surface area contributed by atoms with Gasteiger partial charge in [-0.25, -0.2) is 13.6 Å². The highest BCUT2D eigenvalue weighted by atomic mass is 32.2. The zero-order valence-electron chi connectivity index (χ0n) is 13.4. The van der Waals surface area contributed by atoms with Crippen LogP contribution in [0.15, 0.2) is 15.7 Å². The summed E-state index contributed by atoms with van der Waals surface area (Å²) in [6.07, 6.45) is 0. The topological polar surface area (TPSA) is 89.6 Å². The molecule has 0 saturated heterocycles. The van der Waals surface area contributed by atoms with Crippen LogP contribution in [-0.4, -0.2) is 28.4 Å². The molecule has 1 aromatic rings. The lowest BCUT2D eigenvalue weighted by molar-refractivity contribution is 0.00286. The van der Waals surface area contributed by atoms with Crippen molar-refractivity contribution in [2.45, 2.75) is 55.6 Å². The van der Waals surface area contributed by atoms with Gasteiger partial charge in [0.25, 0.3) is 0 Å². The van der Waals surface area contributed by atoms with Crippen LogP contribution in [-0.2, 0) is 20.1 Å². The van der Waals surface area contributed by atoms with Crippen LogP contribution < -0.4 is 5.14 Å². The number of sulfonamides is 1. The zero-order chi connectivity index (χ0) is 16.7. The Bertz CT molecular complexity index is 600. The summed E-state index contributed by atoms with van der Waals surface area (Å²) in [5.41, 5.74) is -0.732. The summed E-state index contributed by atoms with van der Waals surface area (Å²) in [5.74, 6) is 0. The molecule has 1 atom stereocenters. The van der Waals surface area contributed by atoms with Crippen LogP contribution >= 0.6 is 11.3 Å². The van der Waals surface area contributed by atoms with Gasteiger partial charge in [-0.2, -0.15) is 0 Å². The van der Waals surface area contributed by atoms with Gasteiger partial charge in [-0.15, -0.1) is 11.3 Å². The van der Waals surface area contributed by atoms with Crippen LogP contribution in [0.3, 0.4) is 0 Å². The number of thiophene rings is 1. The first kappa shape index (κ1) is 18.8. The van der Waals surface area contributed by atoms with E-state index in [9.17, 15) is 13.5 Å². The third kappa shape index (κ3) is 4.61. The van der Waals surface area contributed by atoms with E-state index >= 15 is 0 Å². The fourth-order valence-electron chi connectivity index (χ4n) is 1.37. The molecule has 0 fully saturated rings. The fraction of sp³-hybridized carbons (Fsp3) is 0.692. The molecule has 0 aliphatic rings. The normalized spacial score (nSPS) is 16.8. The predicted octanol–water partition coefficient (Wildman–Crippen LogP) is 2.62. The molecule has 3 N–H and O–H groups in total. The Labute approximate surface area is 132 Å².